The first-order chi connectivity index (χ1) is 12.6. The van der Waals surface area contributed by atoms with Crippen LogP contribution in [0.2, 0.25) is 0 Å². The van der Waals surface area contributed by atoms with E-state index in [0.717, 1.165) is 42.7 Å². The van der Waals surface area contributed by atoms with Gasteiger partial charge >= 0.3 is 0 Å². The van der Waals surface area contributed by atoms with Crippen molar-refractivity contribution in [3.63, 3.8) is 0 Å². The number of nitrogens with two attached hydrogens (primary N) is 1. The first-order valence-corrected chi connectivity index (χ1v) is 9.91. The first kappa shape index (κ1) is 19.2. The molecule has 1 aromatic carbocycles. The van der Waals surface area contributed by atoms with Crippen LogP contribution in [0.1, 0.15) is 56.1 Å². The summed E-state index contributed by atoms with van der Waals surface area (Å²) in [6.07, 6.45) is 7.32. The van der Waals surface area contributed by atoms with Gasteiger partial charge in [-0.2, -0.15) is 0 Å². The van der Waals surface area contributed by atoms with Gasteiger partial charge in [0.15, 0.2) is 0 Å². The maximum atomic E-state index is 12.5. The molecule has 1 aromatic rings. The molecule has 3 rings (SSSR count). The highest BCUT2D eigenvalue weighted by Gasteiger charge is 2.32. The molecule has 26 heavy (non-hydrogen) atoms. The fourth-order valence-corrected chi connectivity index (χ4v) is 4.05. The Kier molecular flexibility index (Phi) is 6.54. The fraction of sp³-hybridized carbons (Fsp3) is 0.667. The third kappa shape index (κ3) is 4.98. The Bertz CT molecular complexity index is 605. The molecule has 1 unspecified atom stereocenters. The zero-order chi connectivity index (χ0) is 18.4. The number of carbonyl (C=O) groups is 1. The monoisotopic (exact) mass is 360 g/mol. The Labute approximate surface area is 156 Å². The van der Waals surface area contributed by atoms with Crippen molar-refractivity contribution >= 4 is 5.91 Å². The SMILES string of the molecule is Cc1ccc(CNC(=O)CC2(CN)CCCCC2)c(OC2CCOC2)c1. The molecule has 5 nitrogen and oxygen atoms in total. The lowest BCUT2D eigenvalue weighted by Crippen LogP contribution is -2.38. The van der Waals surface area contributed by atoms with Gasteiger partial charge in [-0.1, -0.05) is 31.4 Å². The van der Waals surface area contributed by atoms with Crippen LogP contribution in [0.15, 0.2) is 18.2 Å². The highest BCUT2D eigenvalue weighted by atomic mass is 16.5. The highest BCUT2D eigenvalue weighted by molar-refractivity contribution is 5.76. The lowest BCUT2D eigenvalue weighted by molar-refractivity contribution is -0.124. The second-order valence-electron chi connectivity index (χ2n) is 7.93. The second-order valence-corrected chi connectivity index (χ2v) is 7.93. The molecule has 1 saturated heterocycles. The Morgan fingerprint density at radius 3 is 2.85 bits per heavy atom. The molecule has 2 fully saturated rings. The summed E-state index contributed by atoms with van der Waals surface area (Å²) in [6.45, 7) is 4.53. The largest absolute Gasteiger partial charge is 0.488 e. The van der Waals surface area contributed by atoms with Gasteiger partial charge < -0.3 is 20.5 Å². The minimum atomic E-state index is -0.00384. The van der Waals surface area contributed by atoms with E-state index >= 15 is 0 Å². The number of benzene rings is 1. The molecule has 1 amide bonds. The third-order valence-electron chi connectivity index (χ3n) is 5.76. The van der Waals surface area contributed by atoms with Gasteiger partial charge in [0.1, 0.15) is 11.9 Å². The standard InChI is InChI=1S/C21H32N2O3/c1-16-5-6-17(19(11-16)26-18-7-10-25-14-18)13-23-20(24)12-21(15-22)8-3-2-4-9-21/h5-6,11,18H,2-4,7-10,12-15,22H2,1H3,(H,23,24). The fourth-order valence-electron chi connectivity index (χ4n) is 4.05. The number of hydrogen-bond acceptors (Lipinski definition) is 4. The molecular weight excluding hydrogens is 328 g/mol. The van der Waals surface area contributed by atoms with Crippen molar-refractivity contribution in [1.29, 1.82) is 0 Å². The molecule has 0 radical (unpaired) electrons. The first-order valence-electron chi connectivity index (χ1n) is 9.91. The zero-order valence-corrected chi connectivity index (χ0v) is 15.9. The van der Waals surface area contributed by atoms with Gasteiger partial charge in [0.05, 0.1) is 13.2 Å². The van der Waals surface area contributed by atoms with Crippen LogP contribution >= 0.6 is 0 Å². The summed E-state index contributed by atoms with van der Waals surface area (Å²) in [5, 5.41) is 3.08. The lowest BCUT2D eigenvalue weighted by Gasteiger charge is -2.35. The maximum Gasteiger partial charge on any atom is 0.220 e. The van der Waals surface area contributed by atoms with Crippen LogP contribution < -0.4 is 15.8 Å². The summed E-state index contributed by atoms with van der Waals surface area (Å²) in [5.41, 5.74) is 8.18. The Hall–Kier alpha value is -1.59. The maximum absolute atomic E-state index is 12.5. The number of amides is 1. The molecule has 1 aliphatic carbocycles. The quantitative estimate of drug-likeness (QED) is 0.784. The van der Waals surface area contributed by atoms with Gasteiger partial charge in [-0.3, -0.25) is 4.79 Å². The molecule has 5 heteroatoms. The van der Waals surface area contributed by atoms with Crippen molar-refractivity contribution in [2.24, 2.45) is 11.1 Å². The summed E-state index contributed by atoms with van der Waals surface area (Å²) in [7, 11) is 0. The third-order valence-corrected chi connectivity index (χ3v) is 5.76. The number of ether oxygens (including phenoxy) is 2. The predicted octanol–water partition coefficient (Wildman–Crippen LogP) is 3.08. The van der Waals surface area contributed by atoms with Gasteiger partial charge in [0.25, 0.3) is 0 Å². The van der Waals surface area contributed by atoms with E-state index in [2.05, 4.69) is 18.3 Å². The molecule has 1 heterocycles. The van der Waals surface area contributed by atoms with E-state index in [-0.39, 0.29) is 17.4 Å². The lowest BCUT2D eigenvalue weighted by atomic mass is 9.71. The van der Waals surface area contributed by atoms with E-state index in [1.807, 2.05) is 12.1 Å². The number of aryl methyl sites for hydroxylation is 1. The average Bonchev–Trinajstić information content (AvgIpc) is 3.15. The normalized spacial score (nSPS) is 22.2. The van der Waals surface area contributed by atoms with E-state index in [9.17, 15) is 4.79 Å². The average molecular weight is 360 g/mol. The van der Waals surface area contributed by atoms with Crippen molar-refractivity contribution in [2.75, 3.05) is 19.8 Å². The van der Waals surface area contributed by atoms with Crippen LogP contribution in [-0.2, 0) is 16.1 Å². The molecule has 144 valence electrons. The van der Waals surface area contributed by atoms with Gasteiger partial charge in [0, 0.05) is 24.9 Å². The number of carbonyl (C=O) groups excluding carboxylic acids is 1. The van der Waals surface area contributed by atoms with E-state index in [1.165, 1.54) is 19.3 Å². The molecule has 1 saturated carbocycles. The molecule has 0 spiro atoms. The van der Waals surface area contributed by atoms with Crippen LogP contribution in [0.25, 0.3) is 0 Å². The minimum Gasteiger partial charge on any atom is -0.488 e. The zero-order valence-electron chi connectivity index (χ0n) is 15.9. The molecule has 3 N–H and O–H groups in total. The summed E-state index contributed by atoms with van der Waals surface area (Å²) in [6, 6.07) is 6.14. The highest BCUT2D eigenvalue weighted by Crippen LogP contribution is 2.38. The van der Waals surface area contributed by atoms with Crippen molar-refractivity contribution in [1.82, 2.24) is 5.32 Å². The van der Waals surface area contributed by atoms with Crippen LogP contribution in [0.4, 0.5) is 0 Å². The summed E-state index contributed by atoms with van der Waals surface area (Å²) in [4.78, 5) is 12.5. The van der Waals surface area contributed by atoms with Crippen LogP contribution in [0, 0.1) is 12.3 Å². The van der Waals surface area contributed by atoms with Crippen molar-refractivity contribution in [3.8, 4) is 5.75 Å². The summed E-state index contributed by atoms with van der Waals surface area (Å²) < 4.78 is 11.5. The second kappa shape index (κ2) is 8.87. The predicted molar refractivity (Wildman–Crippen MR) is 102 cm³/mol. The number of nitrogens with one attached hydrogen (secondary N) is 1. The van der Waals surface area contributed by atoms with E-state index in [1.54, 1.807) is 0 Å². The van der Waals surface area contributed by atoms with Gasteiger partial charge in [-0.05, 0) is 43.4 Å². The van der Waals surface area contributed by atoms with Gasteiger partial charge in [0.2, 0.25) is 5.91 Å². The molecule has 0 bridgehead atoms. The van der Waals surface area contributed by atoms with Crippen molar-refractivity contribution in [3.05, 3.63) is 29.3 Å². The molecule has 1 aliphatic heterocycles. The van der Waals surface area contributed by atoms with Gasteiger partial charge in [-0.15, -0.1) is 0 Å². The number of hydrogen-bond donors (Lipinski definition) is 2. The van der Waals surface area contributed by atoms with E-state index in [0.29, 0.717) is 26.1 Å². The molecule has 2 aliphatic rings. The Balaban J connectivity index is 1.58. The van der Waals surface area contributed by atoms with Crippen molar-refractivity contribution in [2.45, 2.75) is 64.5 Å². The van der Waals surface area contributed by atoms with Crippen LogP contribution in [-0.4, -0.2) is 31.8 Å². The number of rotatable bonds is 7. The van der Waals surface area contributed by atoms with Crippen molar-refractivity contribution < 1.29 is 14.3 Å². The van der Waals surface area contributed by atoms with Crippen LogP contribution in [0.3, 0.4) is 0 Å². The Morgan fingerprint density at radius 1 is 1.35 bits per heavy atom. The Morgan fingerprint density at radius 2 is 2.15 bits per heavy atom. The summed E-state index contributed by atoms with van der Waals surface area (Å²) in [5.74, 6) is 0.945. The van der Waals surface area contributed by atoms with E-state index < -0.39 is 0 Å². The molecule has 0 aromatic heterocycles. The van der Waals surface area contributed by atoms with E-state index in [4.69, 9.17) is 15.2 Å². The molecule has 1 atom stereocenters. The summed E-state index contributed by atoms with van der Waals surface area (Å²) >= 11 is 0. The minimum absolute atomic E-state index is 0.00384. The smallest absolute Gasteiger partial charge is 0.220 e. The molecular formula is C21H32N2O3. The topological polar surface area (TPSA) is 73.6 Å². The van der Waals surface area contributed by atoms with Crippen LogP contribution in [0.5, 0.6) is 5.75 Å². The van der Waals surface area contributed by atoms with Gasteiger partial charge in [-0.25, -0.2) is 0 Å².